The predicted molar refractivity (Wildman–Crippen MR) is 70.1 cm³/mol. The molecular formula is C13H25N3O. The Hall–Kier alpha value is -0.870. The maximum absolute atomic E-state index is 9.27. The van der Waals surface area contributed by atoms with Crippen LogP contribution in [0.1, 0.15) is 51.9 Å². The number of hydrogen-bond donors (Lipinski definition) is 2. The Bertz CT molecular complexity index is 363. The second-order valence-electron chi connectivity index (χ2n) is 5.76. The molecular weight excluding hydrogens is 214 g/mol. The fraction of sp³-hybridized carbons (Fsp3) is 0.769. The first-order valence-electron chi connectivity index (χ1n) is 6.20. The first-order chi connectivity index (χ1) is 7.71. The monoisotopic (exact) mass is 239 g/mol. The van der Waals surface area contributed by atoms with Crippen molar-refractivity contribution in [1.29, 1.82) is 0 Å². The Balaban J connectivity index is 2.80. The Morgan fingerprint density at radius 3 is 2.41 bits per heavy atom. The standard InChI is InChI=1S/C13H25N3O/c1-9(17)7-14-10(2)12-8-16(13(4,5)6)15-11(12)3/h8-10,14,17H,7H2,1-6H3. The highest BCUT2D eigenvalue weighted by Gasteiger charge is 2.18. The lowest BCUT2D eigenvalue weighted by Gasteiger charge is -2.19. The van der Waals surface area contributed by atoms with Gasteiger partial charge in [0.2, 0.25) is 0 Å². The quantitative estimate of drug-likeness (QED) is 0.844. The molecule has 1 heterocycles. The molecule has 98 valence electrons. The van der Waals surface area contributed by atoms with Crippen LogP contribution in [0.5, 0.6) is 0 Å². The molecule has 2 atom stereocenters. The fourth-order valence-electron chi connectivity index (χ4n) is 1.70. The zero-order valence-electron chi connectivity index (χ0n) is 11.8. The van der Waals surface area contributed by atoms with Gasteiger partial charge >= 0.3 is 0 Å². The summed E-state index contributed by atoms with van der Waals surface area (Å²) in [7, 11) is 0. The van der Waals surface area contributed by atoms with E-state index in [4.69, 9.17) is 0 Å². The number of rotatable bonds is 4. The van der Waals surface area contributed by atoms with E-state index < -0.39 is 0 Å². The minimum absolute atomic E-state index is 0.00694. The normalized spacial score (nSPS) is 15.9. The number of nitrogens with one attached hydrogen (secondary N) is 1. The van der Waals surface area contributed by atoms with Gasteiger partial charge in [-0.2, -0.15) is 5.10 Å². The highest BCUT2D eigenvalue weighted by atomic mass is 16.3. The second kappa shape index (κ2) is 5.19. The predicted octanol–water partition coefficient (Wildman–Crippen LogP) is 1.98. The Labute approximate surface area is 104 Å². The minimum Gasteiger partial charge on any atom is -0.392 e. The number of aliphatic hydroxyl groups is 1. The highest BCUT2D eigenvalue weighted by molar-refractivity contribution is 5.20. The number of aryl methyl sites for hydroxylation is 1. The SMILES string of the molecule is Cc1nn(C(C)(C)C)cc1C(C)NCC(C)O. The summed E-state index contributed by atoms with van der Waals surface area (Å²) >= 11 is 0. The number of hydrogen-bond acceptors (Lipinski definition) is 3. The molecule has 4 nitrogen and oxygen atoms in total. The third kappa shape index (κ3) is 3.82. The van der Waals surface area contributed by atoms with Gasteiger partial charge in [-0.05, 0) is 41.5 Å². The number of nitrogens with zero attached hydrogens (tertiary/aromatic N) is 2. The summed E-state index contributed by atoms with van der Waals surface area (Å²) in [6.45, 7) is 12.9. The lowest BCUT2D eigenvalue weighted by atomic mass is 10.1. The van der Waals surface area contributed by atoms with E-state index in [0.717, 1.165) is 5.69 Å². The van der Waals surface area contributed by atoms with Crippen LogP contribution < -0.4 is 5.32 Å². The van der Waals surface area contributed by atoms with Crippen molar-refractivity contribution in [2.75, 3.05) is 6.54 Å². The molecule has 0 spiro atoms. The average Bonchev–Trinajstić information content (AvgIpc) is 2.56. The molecule has 4 heteroatoms. The van der Waals surface area contributed by atoms with Gasteiger partial charge in [0.05, 0.1) is 17.3 Å². The molecule has 0 aliphatic carbocycles. The van der Waals surface area contributed by atoms with E-state index >= 15 is 0 Å². The van der Waals surface area contributed by atoms with Gasteiger partial charge in [-0.1, -0.05) is 0 Å². The molecule has 1 aromatic heterocycles. The molecule has 0 bridgehead atoms. The Kier molecular flexibility index (Phi) is 4.33. The summed E-state index contributed by atoms with van der Waals surface area (Å²) in [6.07, 6.45) is 1.77. The van der Waals surface area contributed by atoms with Gasteiger partial charge < -0.3 is 10.4 Å². The maximum atomic E-state index is 9.27. The van der Waals surface area contributed by atoms with Crippen LogP contribution in [-0.2, 0) is 5.54 Å². The van der Waals surface area contributed by atoms with Crippen LogP contribution in [0.15, 0.2) is 6.20 Å². The van der Waals surface area contributed by atoms with Crippen LogP contribution in [0.4, 0.5) is 0 Å². The van der Waals surface area contributed by atoms with Crippen LogP contribution in [0.2, 0.25) is 0 Å². The van der Waals surface area contributed by atoms with E-state index in [1.54, 1.807) is 6.92 Å². The number of aliphatic hydroxyl groups excluding tert-OH is 1. The smallest absolute Gasteiger partial charge is 0.0641 e. The lowest BCUT2D eigenvalue weighted by Crippen LogP contribution is -2.27. The van der Waals surface area contributed by atoms with Crippen molar-refractivity contribution in [2.45, 2.75) is 59.2 Å². The van der Waals surface area contributed by atoms with Crippen LogP contribution in [0.3, 0.4) is 0 Å². The second-order valence-corrected chi connectivity index (χ2v) is 5.76. The van der Waals surface area contributed by atoms with Gasteiger partial charge in [-0.25, -0.2) is 0 Å². The molecule has 0 amide bonds. The van der Waals surface area contributed by atoms with Crippen LogP contribution in [0, 0.1) is 6.92 Å². The topological polar surface area (TPSA) is 50.1 Å². The molecule has 0 aromatic carbocycles. The van der Waals surface area contributed by atoms with Crippen LogP contribution >= 0.6 is 0 Å². The van der Waals surface area contributed by atoms with Gasteiger partial charge in [0, 0.05) is 24.3 Å². The molecule has 1 rings (SSSR count). The van der Waals surface area contributed by atoms with Crippen molar-refractivity contribution in [1.82, 2.24) is 15.1 Å². The average molecular weight is 239 g/mol. The largest absolute Gasteiger partial charge is 0.392 e. The highest BCUT2D eigenvalue weighted by Crippen LogP contribution is 2.20. The number of aromatic nitrogens is 2. The summed E-state index contributed by atoms with van der Waals surface area (Å²) in [5.74, 6) is 0. The van der Waals surface area contributed by atoms with E-state index in [0.29, 0.717) is 6.54 Å². The van der Waals surface area contributed by atoms with Crippen LogP contribution in [-0.4, -0.2) is 27.5 Å². The molecule has 0 aliphatic heterocycles. The van der Waals surface area contributed by atoms with E-state index in [-0.39, 0.29) is 17.7 Å². The molecule has 1 aromatic rings. The summed E-state index contributed by atoms with van der Waals surface area (Å²) < 4.78 is 2.00. The Morgan fingerprint density at radius 1 is 1.41 bits per heavy atom. The third-order valence-corrected chi connectivity index (χ3v) is 2.81. The summed E-state index contributed by atoms with van der Waals surface area (Å²) in [5.41, 5.74) is 2.25. The summed E-state index contributed by atoms with van der Waals surface area (Å²) in [4.78, 5) is 0. The summed E-state index contributed by atoms with van der Waals surface area (Å²) in [5, 5.41) is 17.1. The molecule has 2 N–H and O–H groups in total. The first kappa shape index (κ1) is 14.2. The molecule has 0 fully saturated rings. The van der Waals surface area contributed by atoms with Crippen LogP contribution in [0.25, 0.3) is 0 Å². The van der Waals surface area contributed by atoms with E-state index in [9.17, 15) is 5.11 Å². The van der Waals surface area contributed by atoms with Crippen molar-refractivity contribution < 1.29 is 5.11 Å². The Morgan fingerprint density at radius 2 is 2.00 bits per heavy atom. The van der Waals surface area contributed by atoms with Crippen molar-refractivity contribution in [3.05, 3.63) is 17.5 Å². The van der Waals surface area contributed by atoms with E-state index in [1.807, 2.05) is 11.6 Å². The lowest BCUT2D eigenvalue weighted by molar-refractivity contribution is 0.187. The molecule has 0 radical (unpaired) electrons. The van der Waals surface area contributed by atoms with Gasteiger partial charge in [-0.15, -0.1) is 0 Å². The van der Waals surface area contributed by atoms with Gasteiger partial charge in [0.25, 0.3) is 0 Å². The zero-order valence-corrected chi connectivity index (χ0v) is 11.8. The van der Waals surface area contributed by atoms with E-state index in [1.165, 1.54) is 5.56 Å². The zero-order chi connectivity index (χ0) is 13.2. The molecule has 0 saturated carbocycles. The van der Waals surface area contributed by atoms with E-state index in [2.05, 4.69) is 44.3 Å². The first-order valence-corrected chi connectivity index (χ1v) is 6.20. The van der Waals surface area contributed by atoms with Gasteiger partial charge in [-0.3, -0.25) is 4.68 Å². The van der Waals surface area contributed by atoms with Crippen molar-refractivity contribution in [3.63, 3.8) is 0 Å². The van der Waals surface area contributed by atoms with Crippen molar-refractivity contribution in [3.8, 4) is 0 Å². The molecule has 0 saturated heterocycles. The van der Waals surface area contributed by atoms with Crippen molar-refractivity contribution >= 4 is 0 Å². The fourth-order valence-corrected chi connectivity index (χ4v) is 1.70. The third-order valence-electron chi connectivity index (χ3n) is 2.81. The molecule has 2 unspecified atom stereocenters. The van der Waals surface area contributed by atoms with Crippen molar-refractivity contribution in [2.24, 2.45) is 0 Å². The molecule has 17 heavy (non-hydrogen) atoms. The minimum atomic E-state index is -0.324. The maximum Gasteiger partial charge on any atom is 0.0641 e. The molecule has 0 aliphatic rings. The summed E-state index contributed by atoms with van der Waals surface area (Å²) in [6, 6.07) is 0.209. The van der Waals surface area contributed by atoms with Gasteiger partial charge in [0.15, 0.2) is 0 Å². The van der Waals surface area contributed by atoms with Gasteiger partial charge in [0.1, 0.15) is 0 Å².